The molecule has 0 heterocycles. The fourth-order valence-corrected chi connectivity index (χ4v) is 2.43. The van der Waals surface area contributed by atoms with Crippen molar-refractivity contribution in [1.29, 1.82) is 5.26 Å². The van der Waals surface area contributed by atoms with Gasteiger partial charge in [-0.15, -0.1) is 0 Å². The summed E-state index contributed by atoms with van der Waals surface area (Å²) >= 11 is 0. The van der Waals surface area contributed by atoms with Crippen LogP contribution in [0.3, 0.4) is 0 Å². The van der Waals surface area contributed by atoms with Crippen LogP contribution in [0.5, 0.6) is 0 Å². The monoisotopic (exact) mass is 274 g/mol. The van der Waals surface area contributed by atoms with Gasteiger partial charge in [-0.25, -0.2) is 0 Å². The fourth-order valence-electron chi connectivity index (χ4n) is 2.43. The van der Waals surface area contributed by atoms with Crippen LogP contribution >= 0.6 is 0 Å². The Balaban J connectivity index is 2.29. The van der Waals surface area contributed by atoms with E-state index in [2.05, 4.69) is 0 Å². The zero-order chi connectivity index (χ0) is 14.8. The van der Waals surface area contributed by atoms with Crippen LogP contribution < -0.4 is 0 Å². The SMILES string of the molecule is N#Cc1cc([N+](=O)[O-])ccc1-c1cccc2ccccc12. The van der Waals surface area contributed by atoms with E-state index in [1.165, 1.54) is 12.1 Å². The van der Waals surface area contributed by atoms with E-state index >= 15 is 0 Å². The first kappa shape index (κ1) is 12.8. The third-order valence-corrected chi connectivity index (χ3v) is 3.41. The first-order chi connectivity index (χ1) is 10.2. The van der Waals surface area contributed by atoms with E-state index < -0.39 is 4.92 Å². The number of nitrogens with zero attached hydrogens (tertiary/aromatic N) is 2. The topological polar surface area (TPSA) is 66.9 Å². The van der Waals surface area contributed by atoms with E-state index in [1.54, 1.807) is 6.07 Å². The van der Waals surface area contributed by atoms with Gasteiger partial charge in [-0.3, -0.25) is 10.1 Å². The first-order valence-electron chi connectivity index (χ1n) is 6.37. The summed E-state index contributed by atoms with van der Waals surface area (Å²) in [6.07, 6.45) is 0. The van der Waals surface area contributed by atoms with Gasteiger partial charge in [-0.05, 0) is 22.4 Å². The lowest BCUT2D eigenvalue weighted by molar-refractivity contribution is -0.384. The van der Waals surface area contributed by atoms with E-state index in [1.807, 2.05) is 48.5 Å². The minimum absolute atomic E-state index is 0.0736. The highest BCUT2D eigenvalue weighted by atomic mass is 16.6. The van der Waals surface area contributed by atoms with E-state index in [9.17, 15) is 15.4 Å². The number of fused-ring (bicyclic) bond motifs is 1. The maximum Gasteiger partial charge on any atom is 0.270 e. The Kier molecular flexibility index (Phi) is 3.09. The van der Waals surface area contributed by atoms with Crippen LogP contribution in [0.1, 0.15) is 5.56 Å². The Labute approximate surface area is 121 Å². The quantitative estimate of drug-likeness (QED) is 0.517. The molecule has 0 aliphatic carbocycles. The highest BCUT2D eigenvalue weighted by Crippen LogP contribution is 2.32. The van der Waals surface area contributed by atoms with Gasteiger partial charge in [-0.1, -0.05) is 42.5 Å². The van der Waals surface area contributed by atoms with E-state index in [0.717, 1.165) is 16.3 Å². The first-order valence-corrected chi connectivity index (χ1v) is 6.37. The molecule has 0 bridgehead atoms. The van der Waals surface area contributed by atoms with Crippen molar-refractivity contribution in [3.8, 4) is 17.2 Å². The largest absolute Gasteiger partial charge is 0.270 e. The maximum atomic E-state index is 10.8. The third kappa shape index (κ3) is 2.21. The third-order valence-electron chi connectivity index (χ3n) is 3.41. The molecule has 0 spiro atoms. The van der Waals surface area contributed by atoms with Gasteiger partial charge in [-0.2, -0.15) is 5.26 Å². The molecule has 0 fully saturated rings. The zero-order valence-electron chi connectivity index (χ0n) is 11.0. The molecule has 0 radical (unpaired) electrons. The number of benzene rings is 3. The van der Waals surface area contributed by atoms with Gasteiger partial charge in [0.15, 0.2) is 0 Å². The summed E-state index contributed by atoms with van der Waals surface area (Å²) in [5.74, 6) is 0. The van der Waals surface area contributed by atoms with Crippen LogP contribution in [0.15, 0.2) is 60.7 Å². The van der Waals surface area contributed by atoms with E-state index in [0.29, 0.717) is 11.1 Å². The Morgan fingerprint density at radius 2 is 1.71 bits per heavy atom. The molecule has 3 aromatic rings. The summed E-state index contributed by atoms with van der Waals surface area (Å²) in [5, 5.41) is 22.2. The van der Waals surface area contributed by atoms with Gasteiger partial charge in [0.05, 0.1) is 10.5 Å². The number of nitro benzene ring substituents is 1. The van der Waals surface area contributed by atoms with Crippen LogP contribution in [0.4, 0.5) is 5.69 Å². The normalized spacial score (nSPS) is 10.2. The number of nitriles is 1. The molecule has 0 amide bonds. The molecule has 3 aromatic carbocycles. The lowest BCUT2D eigenvalue weighted by Gasteiger charge is -2.08. The number of non-ortho nitro benzene ring substituents is 1. The number of rotatable bonds is 2. The Bertz CT molecular complexity index is 889. The second-order valence-corrected chi connectivity index (χ2v) is 4.63. The molecule has 3 rings (SSSR count). The lowest BCUT2D eigenvalue weighted by Crippen LogP contribution is -1.91. The second kappa shape index (κ2) is 5.06. The Morgan fingerprint density at radius 1 is 0.952 bits per heavy atom. The predicted molar refractivity (Wildman–Crippen MR) is 80.8 cm³/mol. The van der Waals surface area contributed by atoms with Crippen molar-refractivity contribution in [3.63, 3.8) is 0 Å². The van der Waals surface area contributed by atoms with Gasteiger partial charge < -0.3 is 0 Å². The average molecular weight is 274 g/mol. The summed E-state index contributed by atoms with van der Waals surface area (Å²) in [4.78, 5) is 10.3. The molecule has 4 heteroatoms. The van der Waals surface area contributed by atoms with Crippen molar-refractivity contribution in [1.82, 2.24) is 0 Å². The minimum Gasteiger partial charge on any atom is -0.258 e. The molecule has 0 saturated heterocycles. The van der Waals surface area contributed by atoms with Crippen molar-refractivity contribution in [2.45, 2.75) is 0 Å². The maximum absolute atomic E-state index is 10.8. The molecule has 100 valence electrons. The molecule has 4 nitrogen and oxygen atoms in total. The van der Waals surface area contributed by atoms with Gasteiger partial charge >= 0.3 is 0 Å². The van der Waals surface area contributed by atoms with Gasteiger partial charge in [0.1, 0.15) is 6.07 Å². The predicted octanol–water partition coefficient (Wildman–Crippen LogP) is 4.29. The highest BCUT2D eigenvalue weighted by molar-refractivity contribution is 5.97. The van der Waals surface area contributed by atoms with Crippen molar-refractivity contribution in [3.05, 3.63) is 76.3 Å². The van der Waals surface area contributed by atoms with E-state index in [4.69, 9.17) is 0 Å². The smallest absolute Gasteiger partial charge is 0.258 e. The molecule has 0 atom stereocenters. The van der Waals surface area contributed by atoms with Gasteiger partial charge in [0, 0.05) is 17.7 Å². The summed E-state index contributed by atoms with van der Waals surface area (Å²) in [5.41, 5.74) is 1.84. The van der Waals surface area contributed by atoms with Crippen LogP contribution in [-0.4, -0.2) is 4.92 Å². The standard InChI is InChI=1S/C17H10N2O2/c18-11-13-10-14(19(20)21)8-9-16(13)17-7-3-5-12-4-1-2-6-15(12)17/h1-10H. The summed E-state index contributed by atoms with van der Waals surface area (Å²) in [7, 11) is 0. The second-order valence-electron chi connectivity index (χ2n) is 4.63. The molecule has 0 aliphatic heterocycles. The van der Waals surface area contributed by atoms with Crippen molar-refractivity contribution < 1.29 is 4.92 Å². The summed E-state index contributed by atoms with van der Waals surface area (Å²) in [6, 6.07) is 20.1. The lowest BCUT2D eigenvalue weighted by atomic mass is 9.95. The number of nitro groups is 1. The molecule has 0 aliphatic rings. The Morgan fingerprint density at radius 3 is 2.48 bits per heavy atom. The summed E-state index contributed by atoms with van der Waals surface area (Å²) < 4.78 is 0. The van der Waals surface area contributed by atoms with Crippen LogP contribution in [0, 0.1) is 21.4 Å². The molecule has 0 unspecified atom stereocenters. The Hall–Kier alpha value is -3.19. The van der Waals surface area contributed by atoms with Crippen molar-refractivity contribution >= 4 is 16.5 Å². The van der Waals surface area contributed by atoms with Crippen molar-refractivity contribution in [2.24, 2.45) is 0 Å². The molecule has 0 saturated carbocycles. The van der Waals surface area contributed by atoms with Gasteiger partial charge in [0.2, 0.25) is 0 Å². The fraction of sp³-hybridized carbons (Fsp3) is 0. The highest BCUT2D eigenvalue weighted by Gasteiger charge is 2.13. The average Bonchev–Trinajstić information content (AvgIpc) is 2.53. The van der Waals surface area contributed by atoms with Gasteiger partial charge in [0.25, 0.3) is 5.69 Å². The molecule has 0 aromatic heterocycles. The molecular formula is C17H10N2O2. The summed E-state index contributed by atoms with van der Waals surface area (Å²) in [6.45, 7) is 0. The number of hydrogen-bond acceptors (Lipinski definition) is 3. The van der Waals surface area contributed by atoms with Crippen LogP contribution in [-0.2, 0) is 0 Å². The van der Waals surface area contributed by atoms with Crippen LogP contribution in [0.2, 0.25) is 0 Å². The van der Waals surface area contributed by atoms with Crippen LogP contribution in [0.25, 0.3) is 21.9 Å². The minimum atomic E-state index is -0.492. The van der Waals surface area contributed by atoms with Crippen molar-refractivity contribution in [2.75, 3.05) is 0 Å². The zero-order valence-corrected chi connectivity index (χ0v) is 11.0. The molecule has 21 heavy (non-hydrogen) atoms. The van der Waals surface area contributed by atoms with E-state index in [-0.39, 0.29) is 5.69 Å². The molecular weight excluding hydrogens is 264 g/mol. The molecule has 0 N–H and O–H groups in total. The number of hydrogen-bond donors (Lipinski definition) is 0.